The molecule has 1 aliphatic heterocycles. The highest BCUT2D eigenvalue weighted by molar-refractivity contribution is 5.83. The lowest BCUT2D eigenvalue weighted by Crippen LogP contribution is -2.59. The first-order valence-corrected chi connectivity index (χ1v) is 12.8. The highest BCUT2D eigenvalue weighted by Crippen LogP contribution is 2.32. The molecule has 0 bridgehead atoms. The van der Waals surface area contributed by atoms with Crippen LogP contribution in [0.3, 0.4) is 0 Å². The van der Waals surface area contributed by atoms with Gasteiger partial charge < -0.3 is 20.3 Å². The molecular weight excluding hydrogens is 480 g/mol. The minimum atomic E-state index is -0.849. The van der Waals surface area contributed by atoms with E-state index in [9.17, 15) is 9.90 Å². The van der Waals surface area contributed by atoms with Crippen LogP contribution in [0.1, 0.15) is 45.1 Å². The Balaban J connectivity index is 1.33. The van der Waals surface area contributed by atoms with E-state index in [2.05, 4.69) is 62.8 Å². The van der Waals surface area contributed by atoms with Gasteiger partial charge in [-0.05, 0) is 55.2 Å². The molecule has 1 fully saturated rings. The van der Waals surface area contributed by atoms with Crippen LogP contribution in [0, 0.1) is 12.3 Å². The second-order valence-electron chi connectivity index (χ2n) is 10.9. The van der Waals surface area contributed by atoms with Gasteiger partial charge in [0.1, 0.15) is 11.6 Å². The van der Waals surface area contributed by atoms with Crippen LogP contribution < -0.4 is 5.32 Å². The molecule has 5 rings (SSSR count). The number of nitrogens with zero attached hydrogens (tertiary/aromatic N) is 6. The SMILES string of the molecule is Cc1nccc(-c2ccc3nc(Nc4cc(C(C)N5CCN(C(=O)O)C(C(C)(C)C)C5)ccn4)[nH]c3c2)n1. The third-order valence-electron chi connectivity index (χ3n) is 7.27. The summed E-state index contributed by atoms with van der Waals surface area (Å²) in [5.41, 5.74) is 4.55. The maximum Gasteiger partial charge on any atom is 0.407 e. The number of piperazine rings is 1. The van der Waals surface area contributed by atoms with E-state index in [1.54, 1.807) is 17.3 Å². The summed E-state index contributed by atoms with van der Waals surface area (Å²) in [6, 6.07) is 12.0. The number of aromatic amines is 1. The third kappa shape index (κ3) is 5.31. The van der Waals surface area contributed by atoms with Crippen LogP contribution >= 0.6 is 0 Å². The van der Waals surface area contributed by atoms with Crippen LogP contribution in [0.4, 0.5) is 16.6 Å². The molecule has 2 atom stereocenters. The summed E-state index contributed by atoms with van der Waals surface area (Å²) in [6.07, 6.45) is 2.70. The molecule has 2 unspecified atom stereocenters. The van der Waals surface area contributed by atoms with E-state index < -0.39 is 6.09 Å². The number of carboxylic acid groups (broad SMARTS) is 1. The van der Waals surface area contributed by atoms with Crippen LogP contribution in [0.15, 0.2) is 48.8 Å². The van der Waals surface area contributed by atoms with Gasteiger partial charge in [0.2, 0.25) is 5.95 Å². The molecule has 1 amide bonds. The fraction of sp³-hybridized carbons (Fsp3) is 0.393. The van der Waals surface area contributed by atoms with Crippen molar-refractivity contribution in [1.29, 1.82) is 0 Å². The second kappa shape index (κ2) is 10.0. The van der Waals surface area contributed by atoms with Crippen molar-refractivity contribution in [2.75, 3.05) is 25.0 Å². The number of carbonyl (C=O) groups is 1. The van der Waals surface area contributed by atoms with E-state index >= 15 is 0 Å². The molecule has 38 heavy (non-hydrogen) atoms. The maximum atomic E-state index is 11.8. The largest absolute Gasteiger partial charge is 0.465 e. The zero-order chi connectivity index (χ0) is 27.0. The Morgan fingerprint density at radius 2 is 1.89 bits per heavy atom. The number of aromatic nitrogens is 5. The third-order valence-corrected chi connectivity index (χ3v) is 7.27. The van der Waals surface area contributed by atoms with Gasteiger partial charge in [-0.25, -0.2) is 24.7 Å². The fourth-order valence-electron chi connectivity index (χ4n) is 5.08. The number of imidazole rings is 1. The average molecular weight is 515 g/mol. The summed E-state index contributed by atoms with van der Waals surface area (Å²) < 4.78 is 0. The smallest absolute Gasteiger partial charge is 0.407 e. The molecule has 198 valence electrons. The van der Waals surface area contributed by atoms with E-state index in [-0.39, 0.29) is 17.5 Å². The lowest BCUT2D eigenvalue weighted by atomic mass is 9.84. The number of hydrogen-bond donors (Lipinski definition) is 3. The van der Waals surface area contributed by atoms with Crippen LogP contribution in [0.5, 0.6) is 0 Å². The molecule has 1 aliphatic rings. The van der Waals surface area contributed by atoms with Crippen LogP contribution in [0.25, 0.3) is 22.3 Å². The number of pyridine rings is 1. The highest BCUT2D eigenvalue weighted by Gasteiger charge is 2.39. The summed E-state index contributed by atoms with van der Waals surface area (Å²) in [4.78, 5) is 37.0. The zero-order valence-corrected chi connectivity index (χ0v) is 22.4. The fourth-order valence-corrected chi connectivity index (χ4v) is 5.08. The number of benzene rings is 1. The van der Waals surface area contributed by atoms with Crippen molar-refractivity contribution in [3.63, 3.8) is 0 Å². The van der Waals surface area contributed by atoms with Crippen LogP contribution in [-0.4, -0.2) is 71.6 Å². The Labute approximate surface area is 222 Å². The van der Waals surface area contributed by atoms with Gasteiger partial charge in [-0.1, -0.05) is 26.8 Å². The molecule has 1 aromatic carbocycles. The first-order chi connectivity index (χ1) is 18.1. The van der Waals surface area contributed by atoms with E-state index in [1.807, 2.05) is 43.3 Å². The van der Waals surface area contributed by atoms with E-state index in [0.717, 1.165) is 33.7 Å². The molecule has 0 saturated carbocycles. The normalized spacial score (nSPS) is 17.5. The number of rotatable bonds is 5. The van der Waals surface area contributed by atoms with Crippen LogP contribution in [0.2, 0.25) is 0 Å². The molecule has 4 heterocycles. The van der Waals surface area contributed by atoms with Gasteiger partial charge in [-0.3, -0.25) is 4.90 Å². The quantitative estimate of drug-likeness (QED) is 0.330. The van der Waals surface area contributed by atoms with E-state index in [4.69, 9.17) is 0 Å². The van der Waals surface area contributed by atoms with Crippen molar-refractivity contribution in [2.45, 2.75) is 46.7 Å². The number of fused-ring (bicyclic) bond motifs is 1. The molecule has 0 radical (unpaired) electrons. The van der Waals surface area contributed by atoms with Gasteiger partial charge in [-0.2, -0.15) is 0 Å². The van der Waals surface area contributed by atoms with Gasteiger partial charge in [0, 0.05) is 43.6 Å². The number of nitrogens with one attached hydrogen (secondary N) is 2. The molecule has 10 nitrogen and oxygen atoms in total. The van der Waals surface area contributed by atoms with Crippen molar-refractivity contribution < 1.29 is 9.90 Å². The summed E-state index contributed by atoms with van der Waals surface area (Å²) in [5, 5.41) is 13.0. The second-order valence-corrected chi connectivity index (χ2v) is 10.9. The minimum absolute atomic E-state index is 0.0812. The first-order valence-electron chi connectivity index (χ1n) is 12.8. The monoisotopic (exact) mass is 514 g/mol. The first kappa shape index (κ1) is 25.6. The molecule has 3 N–H and O–H groups in total. The van der Waals surface area contributed by atoms with Gasteiger partial charge in [0.25, 0.3) is 0 Å². The molecule has 0 aliphatic carbocycles. The number of amides is 1. The molecule has 10 heteroatoms. The number of aryl methyl sites for hydroxylation is 1. The van der Waals surface area contributed by atoms with Gasteiger partial charge in [-0.15, -0.1) is 0 Å². The zero-order valence-electron chi connectivity index (χ0n) is 22.4. The average Bonchev–Trinajstić information content (AvgIpc) is 3.29. The van der Waals surface area contributed by atoms with Crippen molar-refractivity contribution in [3.8, 4) is 11.3 Å². The molecule has 4 aromatic rings. The summed E-state index contributed by atoms with van der Waals surface area (Å²) in [6.45, 7) is 12.2. The summed E-state index contributed by atoms with van der Waals surface area (Å²) in [7, 11) is 0. The van der Waals surface area contributed by atoms with Gasteiger partial charge in [0.05, 0.1) is 22.8 Å². The van der Waals surface area contributed by atoms with E-state index in [1.165, 1.54) is 0 Å². The summed E-state index contributed by atoms with van der Waals surface area (Å²) in [5.74, 6) is 2.03. The Hall–Kier alpha value is -4.05. The number of H-pyrrole nitrogens is 1. The van der Waals surface area contributed by atoms with Crippen molar-refractivity contribution in [1.82, 2.24) is 34.7 Å². The molecule has 1 saturated heterocycles. The predicted molar refractivity (Wildman–Crippen MR) is 147 cm³/mol. The van der Waals surface area contributed by atoms with Crippen molar-refractivity contribution >= 4 is 28.9 Å². The summed E-state index contributed by atoms with van der Waals surface area (Å²) >= 11 is 0. The Kier molecular flexibility index (Phi) is 6.75. The Morgan fingerprint density at radius 1 is 1.11 bits per heavy atom. The minimum Gasteiger partial charge on any atom is -0.465 e. The lowest BCUT2D eigenvalue weighted by molar-refractivity contribution is 0.00820. The molecule has 3 aromatic heterocycles. The number of hydrogen-bond acceptors (Lipinski definition) is 7. The predicted octanol–water partition coefficient (Wildman–Crippen LogP) is 5.24. The van der Waals surface area contributed by atoms with Crippen LogP contribution in [-0.2, 0) is 0 Å². The van der Waals surface area contributed by atoms with Crippen molar-refractivity contribution in [3.05, 3.63) is 60.2 Å². The Morgan fingerprint density at radius 3 is 2.63 bits per heavy atom. The lowest BCUT2D eigenvalue weighted by Gasteiger charge is -2.47. The topological polar surface area (TPSA) is 123 Å². The maximum absolute atomic E-state index is 11.8. The van der Waals surface area contributed by atoms with Gasteiger partial charge >= 0.3 is 6.09 Å². The van der Waals surface area contributed by atoms with E-state index in [0.29, 0.717) is 31.4 Å². The molecular formula is C28H34N8O2. The Bertz CT molecular complexity index is 1460. The number of anilines is 2. The van der Waals surface area contributed by atoms with Gasteiger partial charge in [0.15, 0.2) is 0 Å². The molecule has 0 spiro atoms. The van der Waals surface area contributed by atoms with Crippen molar-refractivity contribution in [2.24, 2.45) is 5.41 Å². The standard InChI is InChI=1S/C28H34N8O2/c1-17(35-12-13-36(27(37)38)24(16-35)28(3,4)5)19-8-10-30-25(15-19)34-26-32-22-7-6-20(14-23(22)33-26)21-9-11-29-18(2)31-21/h6-11,14-15,17,24H,12-13,16H2,1-5H3,(H,37,38)(H2,30,32,33,34). The highest BCUT2D eigenvalue weighted by atomic mass is 16.4.